The Morgan fingerprint density at radius 3 is 2.60 bits per heavy atom. The maximum atomic E-state index is 12.3. The molecule has 0 radical (unpaired) electrons. The van der Waals surface area contributed by atoms with Crippen LogP contribution in [0, 0.1) is 0 Å². The van der Waals surface area contributed by atoms with Gasteiger partial charge in [-0.25, -0.2) is 8.42 Å². The molecule has 0 saturated heterocycles. The van der Waals surface area contributed by atoms with Crippen LogP contribution in [0.5, 0.6) is 11.5 Å². The fourth-order valence-corrected chi connectivity index (χ4v) is 3.05. The van der Waals surface area contributed by atoms with Gasteiger partial charge in [0.25, 0.3) is 0 Å². The van der Waals surface area contributed by atoms with E-state index in [9.17, 15) is 13.2 Å². The maximum absolute atomic E-state index is 12.3. The summed E-state index contributed by atoms with van der Waals surface area (Å²) in [6, 6.07) is 4.30. The Bertz CT molecular complexity index is 607. The average molecular weight is 300 g/mol. The van der Waals surface area contributed by atoms with Crippen molar-refractivity contribution in [2.75, 3.05) is 19.8 Å². The summed E-state index contributed by atoms with van der Waals surface area (Å²) in [4.78, 5) is 11.6. The van der Waals surface area contributed by atoms with Crippen LogP contribution in [0.25, 0.3) is 0 Å². The molecule has 2 rings (SSSR count). The van der Waals surface area contributed by atoms with Gasteiger partial charge >= 0.3 is 5.97 Å². The number of rotatable bonds is 4. The van der Waals surface area contributed by atoms with Crippen molar-refractivity contribution in [1.29, 1.82) is 0 Å². The molecule has 1 unspecified atom stereocenters. The summed E-state index contributed by atoms with van der Waals surface area (Å²) in [5, 5.41) is -1.26. The molecular formula is C13H16O6S. The molecule has 7 heteroatoms. The van der Waals surface area contributed by atoms with Crippen molar-refractivity contribution >= 4 is 15.8 Å². The normalized spacial score (nSPS) is 15.5. The van der Waals surface area contributed by atoms with E-state index in [1.165, 1.54) is 25.1 Å². The molecule has 110 valence electrons. The lowest BCUT2D eigenvalue weighted by atomic mass is 10.3. The molecule has 0 fully saturated rings. The van der Waals surface area contributed by atoms with Crippen LogP contribution in [-0.2, 0) is 19.4 Å². The standard InChI is InChI=1S/C13H16O6S/c1-3-17-13(14)9(2)20(15,16)10-4-5-11-12(8-10)19-7-6-18-11/h4-5,8-9H,3,6-7H2,1-2H3. The highest BCUT2D eigenvalue weighted by atomic mass is 32.2. The molecule has 0 N–H and O–H groups in total. The summed E-state index contributed by atoms with van der Waals surface area (Å²) in [6.07, 6.45) is 0. The number of hydrogen-bond donors (Lipinski definition) is 0. The molecular weight excluding hydrogens is 284 g/mol. The quantitative estimate of drug-likeness (QED) is 0.777. The Morgan fingerprint density at radius 1 is 1.30 bits per heavy atom. The largest absolute Gasteiger partial charge is 0.486 e. The summed E-state index contributed by atoms with van der Waals surface area (Å²) in [5.74, 6) is 0.106. The summed E-state index contributed by atoms with van der Waals surface area (Å²) < 4.78 is 40.1. The van der Waals surface area contributed by atoms with Crippen molar-refractivity contribution in [1.82, 2.24) is 0 Å². The van der Waals surface area contributed by atoms with Crippen LogP contribution >= 0.6 is 0 Å². The van der Waals surface area contributed by atoms with Crippen LogP contribution in [0.3, 0.4) is 0 Å². The molecule has 1 heterocycles. The summed E-state index contributed by atoms with van der Waals surface area (Å²) in [6.45, 7) is 3.87. The molecule has 0 bridgehead atoms. The van der Waals surface area contributed by atoms with Gasteiger partial charge in [-0.3, -0.25) is 4.79 Å². The van der Waals surface area contributed by atoms with Gasteiger partial charge in [0, 0.05) is 6.07 Å². The molecule has 0 amide bonds. The highest BCUT2D eigenvalue weighted by Crippen LogP contribution is 2.33. The summed E-state index contributed by atoms with van der Waals surface area (Å²) >= 11 is 0. The Kier molecular flexibility index (Phi) is 4.17. The van der Waals surface area contributed by atoms with Gasteiger partial charge in [0.2, 0.25) is 0 Å². The van der Waals surface area contributed by atoms with Crippen LogP contribution in [-0.4, -0.2) is 39.5 Å². The highest BCUT2D eigenvalue weighted by molar-refractivity contribution is 7.92. The van der Waals surface area contributed by atoms with Gasteiger partial charge in [0.05, 0.1) is 11.5 Å². The molecule has 0 saturated carbocycles. The van der Waals surface area contributed by atoms with Crippen molar-refractivity contribution in [3.05, 3.63) is 18.2 Å². The smallest absolute Gasteiger partial charge is 0.324 e. The molecule has 1 aromatic rings. The molecule has 0 spiro atoms. The molecule has 0 aromatic heterocycles. The second kappa shape index (κ2) is 5.70. The number of carbonyl (C=O) groups excluding carboxylic acids is 1. The molecule has 1 aliphatic heterocycles. The second-order valence-corrected chi connectivity index (χ2v) is 6.51. The third kappa shape index (κ3) is 2.72. The van der Waals surface area contributed by atoms with E-state index >= 15 is 0 Å². The zero-order valence-corrected chi connectivity index (χ0v) is 12.1. The molecule has 20 heavy (non-hydrogen) atoms. The number of ether oxygens (including phenoxy) is 3. The van der Waals surface area contributed by atoms with E-state index in [0.717, 1.165) is 0 Å². The van der Waals surface area contributed by atoms with Gasteiger partial charge < -0.3 is 14.2 Å². The summed E-state index contributed by atoms with van der Waals surface area (Å²) in [7, 11) is -3.80. The molecule has 0 aliphatic carbocycles. The lowest BCUT2D eigenvalue weighted by molar-refractivity contribution is -0.142. The van der Waals surface area contributed by atoms with Crippen LogP contribution < -0.4 is 9.47 Å². The van der Waals surface area contributed by atoms with Crippen molar-refractivity contribution < 1.29 is 27.4 Å². The van der Waals surface area contributed by atoms with E-state index in [-0.39, 0.29) is 11.5 Å². The first-order valence-corrected chi connectivity index (χ1v) is 7.81. The van der Waals surface area contributed by atoms with Crippen LogP contribution in [0.1, 0.15) is 13.8 Å². The zero-order chi connectivity index (χ0) is 14.8. The molecule has 6 nitrogen and oxygen atoms in total. The van der Waals surface area contributed by atoms with Crippen LogP contribution in [0.4, 0.5) is 0 Å². The lowest BCUT2D eigenvalue weighted by Crippen LogP contribution is -2.29. The predicted octanol–water partition coefficient (Wildman–Crippen LogP) is 1.18. The van der Waals surface area contributed by atoms with Crippen molar-refractivity contribution in [3.8, 4) is 11.5 Å². The number of fused-ring (bicyclic) bond motifs is 1. The number of carbonyl (C=O) groups is 1. The van der Waals surface area contributed by atoms with Gasteiger partial charge in [-0.2, -0.15) is 0 Å². The van der Waals surface area contributed by atoms with Crippen LogP contribution in [0.15, 0.2) is 23.1 Å². The van der Waals surface area contributed by atoms with Gasteiger partial charge in [-0.1, -0.05) is 0 Å². The first-order valence-electron chi connectivity index (χ1n) is 6.27. The van der Waals surface area contributed by atoms with E-state index in [1.54, 1.807) is 6.92 Å². The third-order valence-electron chi connectivity index (χ3n) is 2.93. The Hall–Kier alpha value is -1.76. The van der Waals surface area contributed by atoms with Crippen molar-refractivity contribution in [2.45, 2.75) is 24.0 Å². The van der Waals surface area contributed by atoms with Gasteiger partial charge in [-0.15, -0.1) is 0 Å². The van der Waals surface area contributed by atoms with Gasteiger partial charge in [0.15, 0.2) is 26.6 Å². The first-order chi connectivity index (χ1) is 9.46. The van der Waals surface area contributed by atoms with Crippen molar-refractivity contribution in [3.63, 3.8) is 0 Å². The second-order valence-electron chi connectivity index (χ2n) is 4.24. The molecule has 1 aromatic carbocycles. The topological polar surface area (TPSA) is 78.9 Å². The van der Waals surface area contributed by atoms with Gasteiger partial charge in [0.1, 0.15) is 13.2 Å². The highest BCUT2D eigenvalue weighted by Gasteiger charge is 2.32. The van der Waals surface area contributed by atoms with Crippen LogP contribution in [0.2, 0.25) is 0 Å². The van der Waals surface area contributed by atoms with E-state index in [4.69, 9.17) is 14.2 Å². The maximum Gasteiger partial charge on any atom is 0.324 e. The predicted molar refractivity (Wildman–Crippen MR) is 70.7 cm³/mol. The average Bonchev–Trinajstić information content (AvgIpc) is 2.46. The Balaban J connectivity index is 2.32. The fourth-order valence-electron chi connectivity index (χ4n) is 1.79. The Morgan fingerprint density at radius 2 is 1.95 bits per heavy atom. The van der Waals surface area contributed by atoms with E-state index < -0.39 is 21.1 Å². The zero-order valence-electron chi connectivity index (χ0n) is 11.3. The minimum Gasteiger partial charge on any atom is -0.486 e. The minimum absolute atomic E-state index is 0.0160. The van der Waals surface area contributed by atoms with E-state index in [1.807, 2.05) is 0 Å². The SMILES string of the molecule is CCOC(=O)C(C)S(=O)(=O)c1ccc2c(c1)OCCO2. The van der Waals surface area contributed by atoms with E-state index in [2.05, 4.69) is 0 Å². The lowest BCUT2D eigenvalue weighted by Gasteiger charge is -2.19. The molecule has 1 aliphatic rings. The number of sulfone groups is 1. The number of hydrogen-bond acceptors (Lipinski definition) is 6. The third-order valence-corrected chi connectivity index (χ3v) is 4.96. The first kappa shape index (κ1) is 14.6. The fraction of sp³-hybridized carbons (Fsp3) is 0.462. The minimum atomic E-state index is -3.80. The van der Waals surface area contributed by atoms with Gasteiger partial charge in [-0.05, 0) is 26.0 Å². The summed E-state index contributed by atoms with van der Waals surface area (Å²) in [5.41, 5.74) is 0. The number of benzene rings is 1. The van der Waals surface area contributed by atoms with Crippen molar-refractivity contribution in [2.24, 2.45) is 0 Å². The van der Waals surface area contributed by atoms with E-state index in [0.29, 0.717) is 24.7 Å². The monoisotopic (exact) mass is 300 g/mol. The Labute approximate surface area is 117 Å². The molecule has 1 atom stereocenters. The number of esters is 1.